The molecule has 1 aromatic carbocycles. The van der Waals surface area contributed by atoms with Crippen LogP contribution < -0.4 is 5.73 Å². The quantitative estimate of drug-likeness (QED) is 0.658. The van der Waals surface area contributed by atoms with E-state index in [1.54, 1.807) is 0 Å². The van der Waals surface area contributed by atoms with Gasteiger partial charge in [0.05, 0.1) is 6.54 Å². The van der Waals surface area contributed by atoms with Crippen LogP contribution in [-0.2, 0) is 4.74 Å². The average Bonchev–Trinajstić information content (AvgIpc) is 2.53. The molecular weight excluding hydrogens is 164 g/mol. The molecule has 2 rings (SSSR count). The summed E-state index contributed by atoms with van der Waals surface area (Å²) in [6.07, 6.45) is 0.201. The van der Waals surface area contributed by atoms with Gasteiger partial charge >= 0.3 is 0 Å². The second-order valence-corrected chi connectivity index (χ2v) is 3.20. The lowest BCUT2D eigenvalue weighted by Gasteiger charge is -2.05. The minimum atomic E-state index is 0.201. The van der Waals surface area contributed by atoms with Crippen LogP contribution in [0.5, 0.6) is 0 Å². The van der Waals surface area contributed by atoms with Crippen LogP contribution >= 0.6 is 0 Å². The lowest BCUT2D eigenvalue weighted by Crippen LogP contribution is -2.08. The van der Waals surface area contributed by atoms with Crippen LogP contribution in [0.25, 0.3) is 0 Å². The molecule has 1 aliphatic heterocycles. The maximum absolute atomic E-state index is 5.57. The molecule has 0 radical (unpaired) electrons. The van der Waals surface area contributed by atoms with Gasteiger partial charge in [-0.25, -0.2) is 4.99 Å². The molecule has 0 aromatic heterocycles. The predicted octanol–water partition coefficient (Wildman–Crippen LogP) is 1.43. The highest BCUT2D eigenvalue weighted by Crippen LogP contribution is 2.13. The summed E-state index contributed by atoms with van der Waals surface area (Å²) in [5.41, 5.74) is 7.33. The van der Waals surface area contributed by atoms with Crippen molar-refractivity contribution < 1.29 is 4.74 Å². The van der Waals surface area contributed by atoms with E-state index in [4.69, 9.17) is 10.5 Å². The summed E-state index contributed by atoms with van der Waals surface area (Å²) < 4.78 is 5.50. The summed E-state index contributed by atoms with van der Waals surface area (Å²) in [7, 11) is 0. The molecule has 1 atom stereocenters. The van der Waals surface area contributed by atoms with Gasteiger partial charge < -0.3 is 10.5 Å². The molecule has 0 saturated heterocycles. The molecule has 1 aliphatic rings. The van der Waals surface area contributed by atoms with Crippen molar-refractivity contribution in [2.24, 2.45) is 4.99 Å². The molecule has 0 bridgehead atoms. The number of aliphatic imine (C=N–C) groups is 1. The molecular formula is C10H12N2O. The average molecular weight is 176 g/mol. The van der Waals surface area contributed by atoms with Gasteiger partial charge in [0.15, 0.2) is 0 Å². The Morgan fingerprint density at radius 1 is 1.38 bits per heavy atom. The van der Waals surface area contributed by atoms with Crippen molar-refractivity contribution in [3.05, 3.63) is 29.8 Å². The van der Waals surface area contributed by atoms with E-state index in [-0.39, 0.29) is 6.10 Å². The molecule has 0 saturated carbocycles. The highest BCUT2D eigenvalue weighted by atomic mass is 16.5. The summed E-state index contributed by atoms with van der Waals surface area (Å²) in [6, 6.07) is 7.55. The van der Waals surface area contributed by atoms with Gasteiger partial charge in [-0.1, -0.05) is 0 Å². The third-order valence-corrected chi connectivity index (χ3v) is 1.96. The SMILES string of the molecule is CC1CN=C(c2ccc(N)cc2)O1. The highest BCUT2D eigenvalue weighted by Gasteiger charge is 2.15. The lowest BCUT2D eigenvalue weighted by molar-refractivity contribution is 0.246. The van der Waals surface area contributed by atoms with Crippen molar-refractivity contribution in [3.63, 3.8) is 0 Å². The molecule has 1 heterocycles. The van der Waals surface area contributed by atoms with Gasteiger partial charge in [-0.3, -0.25) is 0 Å². The van der Waals surface area contributed by atoms with Gasteiger partial charge in [0.25, 0.3) is 0 Å². The van der Waals surface area contributed by atoms with Crippen molar-refractivity contribution in [1.82, 2.24) is 0 Å². The Kier molecular flexibility index (Phi) is 1.93. The maximum atomic E-state index is 5.57. The van der Waals surface area contributed by atoms with Crippen molar-refractivity contribution in [2.75, 3.05) is 12.3 Å². The number of rotatable bonds is 1. The number of nitrogen functional groups attached to an aromatic ring is 1. The zero-order chi connectivity index (χ0) is 9.26. The number of nitrogens with two attached hydrogens (primary N) is 1. The third kappa shape index (κ3) is 1.64. The topological polar surface area (TPSA) is 47.6 Å². The smallest absolute Gasteiger partial charge is 0.216 e. The van der Waals surface area contributed by atoms with Crippen LogP contribution in [-0.4, -0.2) is 18.5 Å². The molecule has 3 heteroatoms. The van der Waals surface area contributed by atoms with E-state index in [0.29, 0.717) is 0 Å². The zero-order valence-corrected chi connectivity index (χ0v) is 7.53. The first-order chi connectivity index (χ1) is 6.25. The van der Waals surface area contributed by atoms with Crippen LogP contribution in [0.4, 0.5) is 5.69 Å². The summed E-state index contributed by atoms with van der Waals surface area (Å²) in [4.78, 5) is 4.27. The van der Waals surface area contributed by atoms with E-state index in [1.807, 2.05) is 31.2 Å². The molecule has 3 nitrogen and oxygen atoms in total. The Hall–Kier alpha value is -1.51. The minimum Gasteiger partial charge on any atom is -0.472 e. The Morgan fingerprint density at radius 2 is 2.08 bits per heavy atom. The van der Waals surface area contributed by atoms with Crippen molar-refractivity contribution in [3.8, 4) is 0 Å². The first kappa shape index (κ1) is 8.10. The number of anilines is 1. The molecule has 0 aliphatic carbocycles. The fraction of sp³-hybridized carbons (Fsp3) is 0.300. The molecule has 68 valence electrons. The Balaban J connectivity index is 2.22. The van der Waals surface area contributed by atoms with Crippen LogP contribution in [0.2, 0.25) is 0 Å². The molecule has 0 spiro atoms. The van der Waals surface area contributed by atoms with E-state index >= 15 is 0 Å². The van der Waals surface area contributed by atoms with Crippen molar-refractivity contribution >= 4 is 11.6 Å². The zero-order valence-electron chi connectivity index (χ0n) is 7.53. The summed E-state index contributed by atoms with van der Waals surface area (Å²) in [5, 5.41) is 0. The van der Waals surface area contributed by atoms with Crippen LogP contribution in [0, 0.1) is 0 Å². The summed E-state index contributed by atoms with van der Waals surface area (Å²) in [6.45, 7) is 2.76. The normalized spacial score (nSPS) is 21.0. The third-order valence-electron chi connectivity index (χ3n) is 1.96. The van der Waals surface area contributed by atoms with Crippen LogP contribution in [0.3, 0.4) is 0 Å². The van der Waals surface area contributed by atoms with Crippen LogP contribution in [0.15, 0.2) is 29.3 Å². The number of ether oxygens (including phenoxy) is 1. The molecule has 0 fully saturated rings. The fourth-order valence-corrected chi connectivity index (χ4v) is 1.26. The largest absolute Gasteiger partial charge is 0.472 e. The van der Waals surface area contributed by atoms with Gasteiger partial charge in [0, 0.05) is 11.3 Å². The van der Waals surface area contributed by atoms with E-state index in [9.17, 15) is 0 Å². The van der Waals surface area contributed by atoms with E-state index < -0.39 is 0 Å². The van der Waals surface area contributed by atoms with E-state index in [2.05, 4.69) is 4.99 Å². The van der Waals surface area contributed by atoms with Crippen LogP contribution in [0.1, 0.15) is 12.5 Å². The molecule has 2 N–H and O–H groups in total. The molecule has 1 aromatic rings. The van der Waals surface area contributed by atoms with E-state index in [0.717, 1.165) is 23.7 Å². The molecule has 13 heavy (non-hydrogen) atoms. The van der Waals surface area contributed by atoms with Gasteiger partial charge in [0.2, 0.25) is 5.90 Å². The summed E-state index contributed by atoms with van der Waals surface area (Å²) >= 11 is 0. The predicted molar refractivity (Wildman–Crippen MR) is 52.8 cm³/mol. The number of benzene rings is 1. The van der Waals surface area contributed by atoms with E-state index in [1.165, 1.54) is 0 Å². The fourth-order valence-electron chi connectivity index (χ4n) is 1.26. The maximum Gasteiger partial charge on any atom is 0.216 e. The Morgan fingerprint density at radius 3 is 2.62 bits per heavy atom. The number of nitrogens with zero attached hydrogens (tertiary/aromatic N) is 1. The first-order valence-electron chi connectivity index (χ1n) is 4.33. The standard InChI is InChI=1S/C10H12N2O/c1-7-6-12-10(13-7)8-2-4-9(11)5-3-8/h2-5,7H,6,11H2,1H3. The summed E-state index contributed by atoms with van der Waals surface area (Å²) in [5.74, 6) is 0.729. The molecule has 1 unspecified atom stereocenters. The number of hydrogen-bond donors (Lipinski definition) is 1. The molecule has 0 amide bonds. The lowest BCUT2D eigenvalue weighted by atomic mass is 10.2. The first-order valence-corrected chi connectivity index (χ1v) is 4.33. The Labute approximate surface area is 77.2 Å². The monoisotopic (exact) mass is 176 g/mol. The van der Waals surface area contributed by atoms with Gasteiger partial charge in [-0.2, -0.15) is 0 Å². The Bertz CT molecular complexity index is 329. The van der Waals surface area contributed by atoms with Gasteiger partial charge in [-0.15, -0.1) is 0 Å². The highest BCUT2D eigenvalue weighted by molar-refractivity contribution is 5.95. The number of hydrogen-bond acceptors (Lipinski definition) is 3. The minimum absolute atomic E-state index is 0.201. The second-order valence-electron chi connectivity index (χ2n) is 3.20. The van der Waals surface area contributed by atoms with Gasteiger partial charge in [0.1, 0.15) is 6.10 Å². The van der Waals surface area contributed by atoms with Crippen molar-refractivity contribution in [2.45, 2.75) is 13.0 Å². The second kappa shape index (κ2) is 3.09. The van der Waals surface area contributed by atoms with Gasteiger partial charge in [-0.05, 0) is 31.2 Å². The van der Waals surface area contributed by atoms with Crippen molar-refractivity contribution in [1.29, 1.82) is 0 Å².